The van der Waals surface area contributed by atoms with Crippen molar-refractivity contribution in [1.82, 2.24) is 0 Å². The Hall–Kier alpha value is -0.540. The number of hydrogen-bond acceptors (Lipinski definition) is 2. The maximum Gasteiger partial charge on any atom is 0.177 e. The molecule has 0 fully saturated rings. The Kier molecular flexibility index (Phi) is 4.10. The first-order chi connectivity index (χ1) is 8.06. The molecule has 88 valence electrons. The molecule has 0 aliphatic carbocycles. The first kappa shape index (κ1) is 12.9. The first-order valence-electron chi connectivity index (χ1n) is 4.79. The monoisotopic (exact) mass is 304 g/mol. The maximum atomic E-state index is 11.9. The number of benzene rings is 1. The van der Waals surface area contributed by atoms with Crippen LogP contribution in [0.4, 0.5) is 0 Å². The molecule has 1 aromatic carbocycles. The van der Waals surface area contributed by atoms with E-state index in [1.807, 2.05) is 0 Å². The maximum absolute atomic E-state index is 11.9. The van der Waals surface area contributed by atoms with Gasteiger partial charge in [-0.3, -0.25) is 4.79 Å². The Morgan fingerprint density at radius 2 is 1.88 bits per heavy atom. The number of thiophene rings is 1. The fourth-order valence-corrected chi connectivity index (χ4v) is 2.85. The molecule has 0 unspecified atom stereocenters. The Balaban J connectivity index is 2.18. The zero-order chi connectivity index (χ0) is 12.4. The fraction of sp³-hybridized carbons (Fsp3) is 0.0833. The molecular formula is C12H7Cl3OS. The Morgan fingerprint density at radius 3 is 2.47 bits per heavy atom. The Morgan fingerprint density at radius 1 is 1.12 bits per heavy atom. The molecule has 0 radical (unpaired) electrons. The van der Waals surface area contributed by atoms with E-state index in [4.69, 9.17) is 34.8 Å². The Bertz CT molecular complexity index is 563. The van der Waals surface area contributed by atoms with Gasteiger partial charge in [-0.1, -0.05) is 40.9 Å². The predicted molar refractivity (Wildman–Crippen MR) is 73.8 cm³/mol. The Labute approximate surface area is 118 Å². The van der Waals surface area contributed by atoms with Crippen LogP contribution in [0.1, 0.15) is 15.2 Å². The molecule has 0 aliphatic heterocycles. The highest BCUT2D eigenvalue weighted by Gasteiger charge is 2.12. The van der Waals surface area contributed by atoms with Crippen LogP contribution in [0.25, 0.3) is 0 Å². The smallest absolute Gasteiger partial charge is 0.177 e. The number of carbonyl (C=O) groups excluding carboxylic acids is 1. The SMILES string of the molecule is O=C(Cc1ccc(Cl)cc1Cl)c1ccc(Cl)s1. The van der Waals surface area contributed by atoms with Gasteiger partial charge in [-0.25, -0.2) is 0 Å². The van der Waals surface area contributed by atoms with Crippen LogP contribution >= 0.6 is 46.1 Å². The molecule has 2 rings (SSSR count). The number of hydrogen-bond donors (Lipinski definition) is 0. The molecule has 1 aromatic heterocycles. The molecule has 1 nitrogen and oxygen atoms in total. The summed E-state index contributed by atoms with van der Waals surface area (Å²) in [6.07, 6.45) is 0.257. The topological polar surface area (TPSA) is 17.1 Å². The van der Waals surface area contributed by atoms with E-state index < -0.39 is 0 Å². The lowest BCUT2D eigenvalue weighted by atomic mass is 10.1. The third-order valence-electron chi connectivity index (χ3n) is 2.21. The summed E-state index contributed by atoms with van der Waals surface area (Å²) in [5.74, 6) is 0.00567. The van der Waals surface area contributed by atoms with Gasteiger partial charge in [0.1, 0.15) is 0 Å². The molecule has 2 aromatic rings. The van der Waals surface area contributed by atoms with Crippen molar-refractivity contribution in [3.63, 3.8) is 0 Å². The van der Waals surface area contributed by atoms with E-state index in [-0.39, 0.29) is 12.2 Å². The van der Waals surface area contributed by atoms with Gasteiger partial charge in [0.05, 0.1) is 9.21 Å². The second-order valence-corrected chi connectivity index (χ2v) is 6.00. The van der Waals surface area contributed by atoms with Gasteiger partial charge in [-0.15, -0.1) is 11.3 Å². The molecule has 0 saturated heterocycles. The second-order valence-electron chi connectivity index (χ2n) is 3.44. The summed E-state index contributed by atoms with van der Waals surface area (Å²) >= 11 is 18.8. The summed E-state index contributed by atoms with van der Waals surface area (Å²) in [5.41, 5.74) is 0.769. The van der Waals surface area contributed by atoms with Crippen LogP contribution < -0.4 is 0 Å². The van der Waals surface area contributed by atoms with E-state index in [9.17, 15) is 4.79 Å². The van der Waals surface area contributed by atoms with Gasteiger partial charge >= 0.3 is 0 Å². The number of Topliss-reactive ketones (excluding diaryl/α,β-unsaturated/α-hetero) is 1. The summed E-state index contributed by atoms with van der Waals surface area (Å²) in [5, 5.41) is 1.07. The third-order valence-corrected chi connectivity index (χ3v) is 4.07. The lowest BCUT2D eigenvalue weighted by Gasteiger charge is -2.02. The average molecular weight is 306 g/mol. The summed E-state index contributed by atoms with van der Waals surface area (Å²) in [7, 11) is 0. The van der Waals surface area contributed by atoms with Gasteiger partial charge in [-0.2, -0.15) is 0 Å². The van der Waals surface area contributed by atoms with E-state index in [0.717, 1.165) is 5.56 Å². The van der Waals surface area contributed by atoms with E-state index in [1.54, 1.807) is 30.3 Å². The van der Waals surface area contributed by atoms with Crippen molar-refractivity contribution >= 4 is 51.9 Å². The zero-order valence-corrected chi connectivity index (χ0v) is 11.6. The van der Waals surface area contributed by atoms with Gasteiger partial charge in [0.2, 0.25) is 0 Å². The molecule has 0 N–H and O–H groups in total. The van der Waals surface area contributed by atoms with Crippen LogP contribution in [0.2, 0.25) is 14.4 Å². The minimum atomic E-state index is 0.00567. The summed E-state index contributed by atoms with van der Waals surface area (Å²) in [6, 6.07) is 8.55. The first-order valence-corrected chi connectivity index (χ1v) is 6.74. The minimum Gasteiger partial charge on any atom is -0.293 e. The largest absolute Gasteiger partial charge is 0.293 e. The molecule has 0 aliphatic rings. The third kappa shape index (κ3) is 3.23. The van der Waals surface area contributed by atoms with Crippen LogP contribution in [-0.4, -0.2) is 5.78 Å². The molecule has 1 heterocycles. The number of rotatable bonds is 3. The van der Waals surface area contributed by atoms with Gasteiger partial charge in [-0.05, 0) is 29.8 Å². The highest BCUT2D eigenvalue weighted by atomic mass is 35.5. The van der Waals surface area contributed by atoms with Crippen molar-refractivity contribution in [3.8, 4) is 0 Å². The van der Waals surface area contributed by atoms with Crippen molar-refractivity contribution < 1.29 is 4.79 Å². The van der Waals surface area contributed by atoms with Crippen molar-refractivity contribution in [2.75, 3.05) is 0 Å². The average Bonchev–Trinajstić information content (AvgIpc) is 2.69. The zero-order valence-electron chi connectivity index (χ0n) is 8.54. The van der Waals surface area contributed by atoms with Crippen molar-refractivity contribution in [2.24, 2.45) is 0 Å². The van der Waals surface area contributed by atoms with Crippen molar-refractivity contribution in [1.29, 1.82) is 0 Å². The van der Waals surface area contributed by atoms with Gasteiger partial charge in [0.15, 0.2) is 5.78 Å². The van der Waals surface area contributed by atoms with Crippen molar-refractivity contribution in [3.05, 3.63) is 55.2 Å². The van der Waals surface area contributed by atoms with Crippen LogP contribution in [0.3, 0.4) is 0 Å². The molecule has 0 atom stereocenters. The normalized spacial score (nSPS) is 10.5. The van der Waals surface area contributed by atoms with Crippen molar-refractivity contribution in [2.45, 2.75) is 6.42 Å². The van der Waals surface area contributed by atoms with E-state index >= 15 is 0 Å². The molecular weight excluding hydrogens is 299 g/mol. The molecule has 0 amide bonds. The number of carbonyl (C=O) groups is 1. The van der Waals surface area contributed by atoms with Gasteiger partial charge in [0.25, 0.3) is 0 Å². The quantitative estimate of drug-likeness (QED) is 0.718. The predicted octanol–water partition coefficient (Wildman–Crippen LogP) is 5.13. The highest BCUT2D eigenvalue weighted by Crippen LogP contribution is 2.25. The van der Waals surface area contributed by atoms with Gasteiger partial charge in [0, 0.05) is 16.5 Å². The number of halogens is 3. The van der Waals surface area contributed by atoms with E-state index in [1.165, 1.54) is 11.3 Å². The molecule has 0 bridgehead atoms. The van der Waals surface area contributed by atoms with E-state index in [2.05, 4.69) is 0 Å². The summed E-state index contributed by atoms with van der Waals surface area (Å²) in [6.45, 7) is 0. The van der Waals surface area contributed by atoms with E-state index in [0.29, 0.717) is 19.3 Å². The molecule has 0 saturated carbocycles. The lowest BCUT2D eigenvalue weighted by Crippen LogP contribution is -2.01. The van der Waals surface area contributed by atoms with Crippen LogP contribution in [-0.2, 0) is 6.42 Å². The molecule has 0 spiro atoms. The summed E-state index contributed by atoms with van der Waals surface area (Å²) < 4.78 is 0.607. The van der Waals surface area contributed by atoms with Crippen LogP contribution in [0.15, 0.2) is 30.3 Å². The minimum absolute atomic E-state index is 0.00567. The molecule has 5 heteroatoms. The lowest BCUT2D eigenvalue weighted by molar-refractivity contribution is 0.0997. The highest BCUT2D eigenvalue weighted by molar-refractivity contribution is 7.18. The summed E-state index contributed by atoms with van der Waals surface area (Å²) in [4.78, 5) is 12.6. The fourth-order valence-electron chi connectivity index (χ4n) is 1.39. The molecule has 17 heavy (non-hydrogen) atoms. The number of ketones is 1. The standard InChI is InChI=1S/C12H7Cl3OS/c13-8-2-1-7(9(14)6-8)5-10(16)11-3-4-12(15)17-11/h1-4,6H,5H2. The van der Waals surface area contributed by atoms with Crippen LogP contribution in [0, 0.1) is 0 Å². The second kappa shape index (κ2) is 5.40. The van der Waals surface area contributed by atoms with Gasteiger partial charge < -0.3 is 0 Å². The van der Waals surface area contributed by atoms with Crippen LogP contribution in [0.5, 0.6) is 0 Å².